The van der Waals surface area contributed by atoms with E-state index in [1.54, 1.807) is 6.92 Å². The van der Waals surface area contributed by atoms with Gasteiger partial charge in [-0.05, 0) is 42.3 Å². The van der Waals surface area contributed by atoms with Crippen LogP contribution in [-0.4, -0.2) is 39.6 Å². The van der Waals surface area contributed by atoms with E-state index in [0.29, 0.717) is 24.7 Å². The quantitative estimate of drug-likeness (QED) is 0.631. The van der Waals surface area contributed by atoms with E-state index in [9.17, 15) is 5.11 Å². The number of aromatic amines is 1. The Morgan fingerprint density at radius 2 is 1.93 bits per heavy atom. The smallest absolute Gasteiger partial charge is 0.231 e. The Hall–Kier alpha value is -2.54. The predicted octanol–water partition coefficient (Wildman–Crippen LogP) is 3.84. The van der Waals surface area contributed by atoms with E-state index in [4.69, 9.17) is 21.1 Å². The third kappa shape index (κ3) is 4.30. The van der Waals surface area contributed by atoms with Crippen LogP contribution >= 0.6 is 11.6 Å². The highest BCUT2D eigenvalue weighted by Crippen LogP contribution is 2.33. The van der Waals surface area contributed by atoms with E-state index < -0.39 is 6.10 Å². The highest BCUT2D eigenvalue weighted by Gasteiger charge is 2.17. The van der Waals surface area contributed by atoms with Crippen molar-refractivity contribution in [2.24, 2.45) is 0 Å². The second-order valence-corrected chi connectivity index (χ2v) is 7.42. The maximum atomic E-state index is 9.98. The number of ether oxygens (including phenoxy) is 2. The fourth-order valence-electron chi connectivity index (χ4n) is 3.39. The number of aliphatic hydroxyl groups excluding tert-OH is 1. The van der Waals surface area contributed by atoms with Crippen molar-refractivity contribution in [2.45, 2.75) is 26.1 Å². The summed E-state index contributed by atoms with van der Waals surface area (Å²) < 4.78 is 10.9. The number of halogens is 1. The molecule has 1 aromatic heterocycles. The van der Waals surface area contributed by atoms with Crippen molar-refractivity contribution in [1.29, 1.82) is 0 Å². The summed E-state index contributed by atoms with van der Waals surface area (Å²) in [5.74, 6) is 1.53. The van der Waals surface area contributed by atoms with Crippen molar-refractivity contribution in [2.75, 3.05) is 13.3 Å². The van der Waals surface area contributed by atoms with Gasteiger partial charge in [-0.3, -0.25) is 10.00 Å². The normalized spacial score (nSPS) is 13.9. The van der Waals surface area contributed by atoms with Gasteiger partial charge in [0.2, 0.25) is 6.79 Å². The minimum atomic E-state index is -0.445. The number of aliphatic hydroxyl groups is 1. The van der Waals surface area contributed by atoms with Crippen LogP contribution in [0.25, 0.3) is 11.3 Å². The fraction of sp³-hybridized carbons (Fsp3) is 0.286. The molecule has 1 aliphatic rings. The summed E-state index contributed by atoms with van der Waals surface area (Å²) in [6.07, 6.45) is 1.39. The van der Waals surface area contributed by atoms with Gasteiger partial charge < -0.3 is 14.6 Å². The molecule has 6 nitrogen and oxygen atoms in total. The van der Waals surface area contributed by atoms with Crippen molar-refractivity contribution < 1.29 is 14.6 Å². The van der Waals surface area contributed by atoms with E-state index in [1.807, 2.05) is 48.7 Å². The molecule has 0 saturated carbocycles. The molecule has 0 aliphatic carbocycles. The summed E-state index contributed by atoms with van der Waals surface area (Å²) in [5.41, 5.74) is 4.14. The SMILES string of the molecule is C[C@H](O)CN(Cc1ccc2c(c1)OCO2)Cc1cn[nH]c1-c1ccc(Cl)cc1. The van der Waals surface area contributed by atoms with Gasteiger partial charge in [0.25, 0.3) is 0 Å². The second kappa shape index (κ2) is 8.22. The Morgan fingerprint density at radius 1 is 1.14 bits per heavy atom. The summed E-state index contributed by atoms with van der Waals surface area (Å²) in [4.78, 5) is 2.19. The first-order chi connectivity index (χ1) is 13.6. The molecule has 4 rings (SSSR count). The van der Waals surface area contributed by atoms with E-state index in [-0.39, 0.29) is 6.79 Å². The van der Waals surface area contributed by atoms with Crippen LogP contribution in [0.15, 0.2) is 48.7 Å². The van der Waals surface area contributed by atoms with E-state index in [1.165, 1.54) is 0 Å². The van der Waals surface area contributed by atoms with Crippen molar-refractivity contribution >= 4 is 11.6 Å². The van der Waals surface area contributed by atoms with Crippen LogP contribution in [0, 0.1) is 0 Å². The summed E-state index contributed by atoms with van der Waals surface area (Å²) in [6, 6.07) is 13.6. The number of rotatable bonds is 7. The van der Waals surface area contributed by atoms with Gasteiger partial charge in [0.1, 0.15) is 0 Å². The molecule has 0 amide bonds. The summed E-state index contributed by atoms with van der Waals surface area (Å²) in [5, 5.41) is 18.0. The monoisotopic (exact) mass is 399 g/mol. The van der Waals surface area contributed by atoms with Gasteiger partial charge in [0.05, 0.1) is 18.0 Å². The standard InChI is InChI=1S/C21H22ClN3O3/c1-14(26)10-25(11-15-2-7-19-20(8-15)28-13-27-19)12-17-9-23-24-21(17)16-3-5-18(22)6-4-16/h2-9,14,26H,10-13H2,1H3,(H,23,24)/t14-/m0/s1. The maximum absolute atomic E-state index is 9.98. The molecule has 1 atom stereocenters. The molecule has 28 heavy (non-hydrogen) atoms. The molecule has 0 radical (unpaired) electrons. The molecule has 0 spiro atoms. The lowest BCUT2D eigenvalue weighted by Crippen LogP contribution is -2.30. The number of aromatic nitrogens is 2. The first-order valence-electron chi connectivity index (χ1n) is 9.15. The molecule has 2 heterocycles. The molecular formula is C21H22ClN3O3. The van der Waals surface area contributed by atoms with Crippen molar-refractivity contribution in [3.63, 3.8) is 0 Å². The highest BCUT2D eigenvalue weighted by atomic mass is 35.5. The first kappa shape index (κ1) is 18.8. The molecule has 3 aromatic rings. The van der Waals surface area contributed by atoms with E-state index in [2.05, 4.69) is 15.1 Å². The summed E-state index contributed by atoms with van der Waals surface area (Å²) in [6.45, 7) is 3.91. The lowest BCUT2D eigenvalue weighted by Gasteiger charge is -2.24. The van der Waals surface area contributed by atoms with Gasteiger partial charge in [-0.2, -0.15) is 5.10 Å². The first-order valence-corrected chi connectivity index (χ1v) is 9.53. The van der Waals surface area contributed by atoms with Crippen LogP contribution in [0.3, 0.4) is 0 Å². The number of benzene rings is 2. The highest BCUT2D eigenvalue weighted by molar-refractivity contribution is 6.30. The molecule has 7 heteroatoms. The number of nitrogens with zero attached hydrogens (tertiary/aromatic N) is 2. The molecule has 146 valence electrons. The molecular weight excluding hydrogens is 378 g/mol. The minimum absolute atomic E-state index is 0.260. The average molecular weight is 400 g/mol. The van der Waals surface area contributed by atoms with Crippen molar-refractivity contribution in [1.82, 2.24) is 15.1 Å². The number of fused-ring (bicyclic) bond motifs is 1. The number of hydrogen-bond donors (Lipinski definition) is 2. The third-order valence-corrected chi connectivity index (χ3v) is 4.86. The van der Waals surface area contributed by atoms with Crippen molar-refractivity contribution in [3.8, 4) is 22.8 Å². The van der Waals surface area contributed by atoms with Crippen LogP contribution in [-0.2, 0) is 13.1 Å². The van der Waals surface area contributed by atoms with Crippen LogP contribution in [0.1, 0.15) is 18.1 Å². The average Bonchev–Trinajstić information content (AvgIpc) is 3.30. The van der Waals surface area contributed by atoms with Crippen LogP contribution in [0.2, 0.25) is 5.02 Å². The van der Waals surface area contributed by atoms with Gasteiger partial charge in [-0.1, -0.05) is 29.8 Å². The minimum Gasteiger partial charge on any atom is -0.454 e. The van der Waals surface area contributed by atoms with E-state index in [0.717, 1.165) is 33.9 Å². The Labute approximate surface area is 168 Å². The lowest BCUT2D eigenvalue weighted by molar-refractivity contribution is 0.118. The third-order valence-electron chi connectivity index (χ3n) is 4.61. The molecule has 0 fully saturated rings. The topological polar surface area (TPSA) is 70.6 Å². The predicted molar refractivity (Wildman–Crippen MR) is 107 cm³/mol. The summed E-state index contributed by atoms with van der Waals surface area (Å²) in [7, 11) is 0. The zero-order valence-corrected chi connectivity index (χ0v) is 16.3. The van der Waals surface area contributed by atoms with Crippen LogP contribution in [0.4, 0.5) is 0 Å². The molecule has 2 aromatic carbocycles. The zero-order valence-electron chi connectivity index (χ0n) is 15.6. The van der Waals surface area contributed by atoms with Gasteiger partial charge >= 0.3 is 0 Å². The van der Waals surface area contributed by atoms with Gasteiger partial charge in [-0.25, -0.2) is 0 Å². The number of H-pyrrole nitrogens is 1. The van der Waals surface area contributed by atoms with Crippen LogP contribution < -0.4 is 9.47 Å². The Balaban J connectivity index is 1.54. The molecule has 0 saturated heterocycles. The number of hydrogen-bond acceptors (Lipinski definition) is 5. The van der Waals surface area contributed by atoms with Gasteiger partial charge in [0, 0.05) is 30.2 Å². The Kier molecular flexibility index (Phi) is 5.52. The zero-order chi connectivity index (χ0) is 19.5. The Morgan fingerprint density at radius 3 is 2.71 bits per heavy atom. The van der Waals surface area contributed by atoms with Crippen molar-refractivity contribution in [3.05, 3.63) is 64.8 Å². The van der Waals surface area contributed by atoms with E-state index >= 15 is 0 Å². The number of nitrogens with one attached hydrogen (secondary N) is 1. The molecule has 2 N–H and O–H groups in total. The molecule has 1 aliphatic heterocycles. The largest absolute Gasteiger partial charge is 0.454 e. The van der Waals surface area contributed by atoms with Gasteiger partial charge in [-0.15, -0.1) is 0 Å². The second-order valence-electron chi connectivity index (χ2n) is 6.98. The lowest BCUT2D eigenvalue weighted by atomic mass is 10.1. The molecule has 0 bridgehead atoms. The van der Waals surface area contributed by atoms with Crippen LogP contribution in [0.5, 0.6) is 11.5 Å². The summed E-state index contributed by atoms with van der Waals surface area (Å²) >= 11 is 6.00. The molecule has 0 unspecified atom stereocenters. The maximum Gasteiger partial charge on any atom is 0.231 e. The van der Waals surface area contributed by atoms with Gasteiger partial charge in [0.15, 0.2) is 11.5 Å². The fourth-order valence-corrected chi connectivity index (χ4v) is 3.52. The Bertz CT molecular complexity index is 940.